The number of sulfonamides is 1. The minimum absolute atomic E-state index is 0.100. The molecule has 0 atom stereocenters. The zero-order valence-electron chi connectivity index (χ0n) is 18.5. The minimum Gasteiger partial charge on any atom is -0.435 e. The number of benzene rings is 2. The van der Waals surface area contributed by atoms with Crippen molar-refractivity contribution in [2.45, 2.75) is 56.5 Å². The van der Waals surface area contributed by atoms with Gasteiger partial charge in [-0.05, 0) is 61.1 Å². The van der Waals surface area contributed by atoms with E-state index in [4.69, 9.17) is 0 Å². The van der Waals surface area contributed by atoms with E-state index in [9.17, 15) is 22.0 Å². The third-order valence-corrected chi connectivity index (χ3v) is 7.56. The third-order valence-electron chi connectivity index (χ3n) is 5.65. The van der Waals surface area contributed by atoms with Crippen LogP contribution in [0.25, 0.3) is 0 Å². The zero-order chi connectivity index (χ0) is 23.7. The van der Waals surface area contributed by atoms with Gasteiger partial charge in [0.2, 0.25) is 15.9 Å². The summed E-state index contributed by atoms with van der Waals surface area (Å²) in [6.07, 6.45) is 5.29. The molecular formula is C24H30F2N2O4S. The average Bonchev–Trinajstić information content (AvgIpc) is 3.09. The van der Waals surface area contributed by atoms with Gasteiger partial charge in [0.25, 0.3) is 0 Å². The average molecular weight is 481 g/mol. The standard InChI is InChI=1S/C24H30F2N2O4S/c25-24(26)32-21-10-5-20(6-11-21)15-16-27-23(29)14-9-19-7-12-22(13-8-19)33(30,31)28-17-3-1-2-4-18-28/h5-8,10-13,24H,1-4,9,14-18H2,(H,27,29). The van der Waals surface area contributed by atoms with Crippen molar-refractivity contribution in [3.63, 3.8) is 0 Å². The first-order chi connectivity index (χ1) is 15.8. The largest absolute Gasteiger partial charge is 0.435 e. The van der Waals surface area contributed by atoms with E-state index in [1.807, 2.05) is 0 Å². The maximum Gasteiger partial charge on any atom is 0.387 e. The Labute approximate surface area is 194 Å². The Balaban J connectivity index is 1.42. The van der Waals surface area contributed by atoms with Crippen LogP contribution in [0.5, 0.6) is 5.75 Å². The SMILES string of the molecule is O=C(CCc1ccc(S(=O)(=O)N2CCCCCC2)cc1)NCCc1ccc(OC(F)F)cc1. The molecule has 6 nitrogen and oxygen atoms in total. The predicted octanol–water partition coefficient (Wildman–Crippen LogP) is 4.14. The summed E-state index contributed by atoms with van der Waals surface area (Å²) in [5, 5.41) is 2.84. The summed E-state index contributed by atoms with van der Waals surface area (Å²) in [7, 11) is -3.47. The van der Waals surface area contributed by atoms with Gasteiger partial charge in [-0.3, -0.25) is 4.79 Å². The number of carbonyl (C=O) groups is 1. The molecule has 0 aliphatic carbocycles. The fourth-order valence-corrected chi connectivity index (χ4v) is 5.31. The third kappa shape index (κ3) is 7.78. The molecule has 2 aromatic rings. The number of alkyl halides is 2. The van der Waals surface area contributed by atoms with E-state index in [0.717, 1.165) is 36.8 Å². The Hall–Kier alpha value is -2.52. The van der Waals surface area contributed by atoms with Crippen LogP contribution in [0, 0.1) is 0 Å². The summed E-state index contributed by atoms with van der Waals surface area (Å²) in [6.45, 7) is -1.29. The molecule has 0 bridgehead atoms. The summed E-state index contributed by atoms with van der Waals surface area (Å²) >= 11 is 0. The number of amides is 1. The molecule has 9 heteroatoms. The smallest absolute Gasteiger partial charge is 0.387 e. The molecular weight excluding hydrogens is 450 g/mol. The second-order valence-electron chi connectivity index (χ2n) is 8.08. The summed E-state index contributed by atoms with van der Waals surface area (Å²) in [5.74, 6) is -0.00282. The molecule has 0 aromatic heterocycles. The molecule has 0 unspecified atom stereocenters. The number of ether oxygens (including phenoxy) is 1. The molecule has 180 valence electrons. The van der Waals surface area contributed by atoms with Gasteiger partial charge in [-0.15, -0.1) is 0 Å². The van der Waals surface area contributed by atoms with Crippen LogP contribution in [0.3, 0.4) is 0 Å². The van der Waals surface area contributed by atoms with Gasteiger partial charge in [-0.2, -0.15) is 13.1 Å². The molecule has 3 rings (SSSR count). The molecule has 1 saturated heterocycles. The molecule has 33 heavy (non-hydrogen) atoms. The van der Waals surface area contributed by atoms with Crippen LogP contribution in [0.2, 0.25) is 0 Å². The first-order valence-electron chi connectivity index (χ1n) is 11.2. The second-order valence-corrected chi connectivity index (χ2v) is 10.0. The van der Waals surface area contributed by atoms with E-state index in [0.29, 0.717) is 43.8 Å². The Morgan fingerprint density at radius 1 is 0.909 bits per heavy atom. The quantitative estimate of drug-likeness (QED) is 0.555. The number of hydrogen-bond donors (Lipinski definition) is 1. The van der Waals surface area contributed by atoms with E-state index in [1.165, 1.54) is 12.1 Å². The summed E-state index contributed by atoms with van der Waals surface area (Å²) in [4.78, 5) is 12.4. The van der Waals surface area contributed by atoms with Crippen LogP contribution in [-0.4, -0.2) is 44.9 Å². The number of aryl methyl sites for hydroxylation is 1. The van der Waals surface area contributed by atoms with E-state index in [2.05, 4.69) is 10.1 Å². The topological polar surface area (TPSA) is 75.7 Å². The number of nitrogens with one attached hydrogen (secondary N) is 1. The molecule has 1 aliphatic heterocycles. The van der Waals surface area contributed by atoms with Crippen LogP contribution in [-0.2, 0) is 27.7 Å². The highest BCUT2D eigenvalue weighted by Gasteiger charge is 2.24. The van der Waals surface area contributed by atoms with E-state index in [-0.39, 0.29) is 11.7 Å². The first-order valence-corrected chi connectivity index (χ1v) is 12.7. The normalized spacial score (nSPS) is 15.2. The van der Waals surface area contributed by atoms with Gasteiger partial charge in [-0.25, -0.2) is 8.42 Å². The molecule has 1 fully saturated rings. The van der Waals surface area contributed by atoms with Crippen LogP contribution in [0.1, 0.15) is 43.2 Å². The molecule has 0 spiro atoms. The Morgan fingerprint density at radius 3 is 2.09 bits per heavy atom. The van der Waals surface area contributed by atoms with Gasteiger partial charge in [0, 0.05) is 26.1 Å². The zero-order valence-corrected chi connectivity index (χ0v) is 19.3. The maximum absolute atomic E-state index is 12.8. The lowest BCUT2D eigenvalue weighted by Gasteiger charge is -2.20. The van der Waals surface area contributed by atoms with Gasteiger partial charge < -0.3 is 10.1 Å². The highest BCUT2D eigenvalue weighted by atomic mass is 32.2. The Bertz CT molecular complexity index is 988. The highest BCUT2D eigenvalue weighted by molar-refractivity contribution is 7.89. The Kier molecular flexibility index (Phi) is 9.20. The maximum atomic E-state index is 12.8. The summed E-state index contributed by atoms with van der Waals surface area (Å²) < 4.78 is 55.9. The number of halogens is 2. The summed E-state index contributed by atoms with van der Waals surface area (Å²) in [6, 6.07) is 13.1. The highest BCUT2D eigenvalue weighted by Crippen LogP contribution is 2.21. The lowest BCUT2D eigenvalue weighted by molar-refractivity contribution is -0.121. The van der Waals surface area contributed by atoms with Crippen molar-refractivity contribution in [2.24, 2.45) is 0 Å². The van der Waals surface area contributed by atoms with Crippen molar-refractivity contribution >= 4 is 15.9 Å². The molecule has 0 saturated carbocycles. The van der Waals surface area contributed by atoms with Crippen LogP contribution >= 0.6 is 0 Å². The fraction of sp³-hybridized carbons (Fsp3) is 0.458. The lowest BCUT2D eigenvalue weighted by Crippen LogP contribution is -2.31. The minimum atomic E-state index is -3.47. The van der Waals surface area contributed by atoms with E-state index < -0.39 is 16.6 Å². The van der Waals surface area contributed by atoms with E-state index >= 15 is 0 Å². The molecule has 1 N–H and O–H groups in total. The molecule has 1 heterocycles. The molecule has 1 amide bonds. The van der Waals surface area contributed by atoms with Crippen molar-refractivity contribution in [1.29, 1.82) is 0 Å². The second kappa shape index (κ2) is 12.1. The molecule has 2 aromatic carbocycles. The van der Waals surface area contributed by atoms with Crippen LogP contribution in [0.4, 0.5) is 8.78 Å². The van der Waals surface area contributed by atoms with Gasteiger partial charge in [-0.1, -0.05) is 37.1 Å². The monoisotopic (exact) mass is 480 g/mol. The number of nitrogens with zero attached hydrogens (tertiary/aromatic N) is 1. The van der Waals surface area contributed by atoms with Crippen molar-refractivity contribution in [1.82, 2.24) is 9.62 Å². The summed E-state index contributed by atoms with van der Waals surface area (Å²) in [5.41, 5.74) is 1.80. The number of rotatable bonds is 10. The van der Waals surface area contributed by atoms with Crippen molar-refractivity contribution in [2.75, 3.05) is 19.6 Å². The first kappa shape index (κ1) is 25.1. The van der Waals surface area contributed by atoms with Crippen molar-refractivity contribution in [3.05, 3.63) is 59.7 Å². The fourth-order valence-electron chi connectivity index (χ4n) is 3.79. The van der Waals surface area contributed by atoms with Crippen LogP contribution < -0.4 is 10.1 Å². The van der Waals surface area contributed by atoms with Gasteiger partial charge in [0.1, 0.15) is 5.75 Å². The lowest BCUT2D eigenvalue weighted by atomic mass is 10.1. The van der Waals surface area contributed by atoms with Crippen molar-refractivity contribution in [3.8, 4) is 5.75 Å². The van der Waals surface area contributed by atoms with Gasteiger partial charge in [0.15, 0.2) is 0 Å². The molecule has 0 radical (unpaired) electrons. The van der Waals surface area contributed by atoms with Gasteiger partial charge >= 0.3 is 6.61 Å². The number of carbonyl (C=O) groups excluding carboxylic acids is 1. The molecule has 1 aliphatic rings. The van der Waals surface area contributed by atoms with Crippen LogP contribution in [0.15, 0.2) is 53.4 Å². The number of hydrogen-bond acceptors (Lipinski definition) is 4. The van der Waals surface area contributed by atoms with E-state index in [1.54, 1.807) is 40.7 Å². The Morgan fingerprint density at radius 2 is 1.48 bits per heavy atom. The van der Waals surface area contributed by atoms with Gasteiger partial charge in [0.05, 0.1) is 4.90 Å². The predicted molar refractivity (Wildman–Crippen MR) is 122 cm³/mol. The van der Waals surface area contributed by atoms with Crippen molar-refractivity contribution < 1.29 is 26.7 Å².